The van der Waals surface area contributed by atoms with Gasteiger partial charge in [-0.15, -0.1) is 0 Å². The van der Waals surface area contributed by atoms with Crippen molar-refractivity contribution in [2.45, 2.75) is 12.7 Å². The second kappa shape index (κ2) is 4.65. The zero-order valence-corrected chi connectivity index (χ0v) is 10.2. The fourth-order valence-corrected chi connectivity index (χ4v) is 1.81. The topological polar surface area (TPSA) is 74.0 Å². The molecule has 0 aliphatic heterocycles. The van der Waals surface area contributed by atoms with Crippen molar-refractivity contribution in [1.82, 2.24) is 9.55 Å². The van der Waals surface area contributed by atoms with E-state index in [4.69, 9.17) is 10.2 Å². The molecule has 9 heteroatoms. The molecule has 102 valence electrons. The molecule has 0 fully saturated rings. The van der Waals surface area contributed by atoms with E-state index in [0.717, 1.165) is 4.57 Å². The van der Waals surface area contributed by atoms with Crippen LogP contribution in [0.15, 0.2) is 27.5 Å². The molecule has 2 aromatic rings. The average molecular weight is 291 g/mol. The summed E-state index contributed by atoms with van der Waals surface area (Å²) in [6.45, 7) is -0.748. The maximum Gasteiger partial charge on any atom is 0.421 e. The van der Waals surface area contributed by atoms with Crippen molar-refractivity contribution in [3.05, 3.63) is 28.9 Å². The Morgan fingerprint density at radius 3 is 2.84 bits per heavy atom. The van der Waals surface area contributed by atoms with Crippen LogP contribution in [-0.4, -0.2) is 20.7 Å². The number of fused-ring (bicyclic) bond motifs is 1. The lowest BCUT2D eigenvalue weighted by atomic mass is 10.1. The predicted molar refractivity (Wildman–Crippen MR) is 64.6 cm³/mol. The molecule has 2 aromatic heterocycles. The molecule has 0 saturated carbocycles. The first-order chi connectivity index (χ1) is 8.80. The maximum atomic E-state index is 12.8. The summed E-state index contributed by atoms with van der Waals surface area (Å²) < 4.78 is 43.8. The largest absolute Gasteiger partial charge is 0.421 e. The van der Waals surface area contributed by atoms with Crippen LogP contribution in [-0.2, 0) is 6.54 Å². The van der Waals surface area contributed by atoms with Crippen LogP contribution in [0.2, 0.25) is 0 Å². The summed E-state index contributed by atoms with van der Waals surface area (Å²) in [7, 11) is 0. The van der Waals surface area contributed by atoms with Gasteiger partial charge in [0.15, 0.2) is 11.2 Å². The first kappa shape index (κ1) is 13.5. The second-order valence-corrected chi connectivity index (χ2v) is 4.27. The number of halogens is 3. The lowest BCUT2D eigenvalue weighted by Gasteiger charge is -2.18. The minimum Gasteiger partial charge on any atom is -0.406 e. The van der Waals surface area contributed by atoms with E-state index in [0.29, 0.717) is 0 Å². The predicted octanol–water partition coefficient (Wildman–Crippen LogP) is 1.45. The van der Waals surface area contributed by atoms with Gasteiger partial charge in [0, 0.05) is 12.7 Å². The molecule has 2 N–H and O–H groups in total. The summed E-state index contributed by atoms with van der Waals surface area (Å²) in [4.78, 5) is 14.6. The fourth-order valence-electron chi connectivity index (χ4n) is 1.60. The van der Waals surface area contributed by atoms with E-state index in [-0.39, 0.29) is 11.2 Å². The average Bonchev–Trinajstić information content (AvgIpc) is 2.59. The Kier molecular flexibility index (Phi) is 3.31. The fraction of sp³-hybridized carbons (Fsp3) is 0.300. The van der Waals surface area contributed by atoms with E-state index in [1.165, 1.54) is 18.3 Å². The number of pyridine rings is 1. The maximum absolute atomic E-state index is 12.8. The van der Waals surface area contributed by atoms with E-state index in [1.807, 2.05) is 0 Å². The van der Waals surface area contributed by atoms with Gasteiger partial charge >= 0.3 is 11.9 Å². The van der Waals surface area contributed by atoms with Gasteiger partial charge in [-0.05, 0) is 12.1 Å². The third kappa shape index (κ3) is 2.60. The normalized spacial score (nSPS) is 13.6. The molecule has 0 bridgehead atoms. The van der Waals surface area contributed by atoms with E-state index in [2.05, 4.69) is 17.2 Å². The molecule has 0 aliphatic rings. The van der Waals surface area contributed by atoms with Crippen molar-refractivity contribution in [3.8, 4) is 0 Å². The second-order valence-electron chi connectivity index (χ2n) is 3.80. The van der Waals surface area contributed by atoms with Gasteiger partial charge in [-0.25, -0.2) is 9.78 Å². The molecule has 0 aromatic carbocycles. The van der Waals surface area contributed by atoms with Crippen molar-refractivity contribution in [1.29, 1.82) is 0 Å². The summed E-state index contributed by atoms with van der Waals surface area (Å²) in [6, 6.07) is 2.94. The molecule has 19 heavy (non-hydrogen) atoms. The summed E-state index contributed by atoms with van der Waals surface area (Å²) in [6.07, 6.45) is -3.29. The van der Waals surface area contributed by atoms with Gasteiger partial charge in [0.05, 0.1) is 4.99 Å². The quantitative estimate of drug-likeness (QED) is 0.866. The van der Waals surface area contributed by atoms with Gasteiger partial charge in [-0.3, -0.25) is 4.57 Å². The van der Waals surface area contributed by atoms with Gasteiger partial charge in [0.25, 0.3) is 0 Å². The van der Waals surface area contributed by atoms with Gasteiger partial charge in [0.2, 0.25) is 0 Å². The molecule has 0 radical (unpaired) electrons. The van der Waals surface area contributed by atoms with Crippen molar-refractivity contribution < 1.29 is 17.6 Å². The van der Waals surface area contributed by atoms with Crippen LogP contribution in [0.5, 0.6) is 0 Å². The van der Waals surface area contributed by atoms with E-state index in [9.17, 15) is 18.0 Å². The number of nitrogens with two attached hydrogens (primary N) is 1. The molecule has 0 aliphatic carbocycles. The molecular formula is C10H8F3N3O2S. The Labute approximate surface area is 109 Å². The highest BCUT2D eigenvalue weighted by molar-refractivity contribution is 7.80. The molecule has 1 atom stereocenters. The highest BCUT2D eigenvalue weighted by atomic mass is 32.1. The number of thiocarbonyl (C=S) groups is 1. The molecule has 0 amide bonds. The lowest BCUT2D eigenvalue weighted by molar-refractivity contribution is -0.158. The van der Waals surface area contributed by atoms with Crippen LogP contribution in [0.4, 0.5) is 13.2 Å². The van der Waals surface area contributed by atoms with Gasteiger partial charge in [-0.1, -0.05) is 12.2 Å². The van der Waals surface area contributed by atoms with Crippen molar-refractivity contribution in [3.63, 3.8) is 0 Å². The molecule has 5 nitrogen and oxygen atoms in total. The Balaban J connectivity index is 2.48. The highest BCUT2D eigenvalue weighted by Crippen LogP contribution is 2.28. The zero-order chi connectivity index (χ0) is 14.2. The van der Waals surface area contributed by atoms with Crippen LogP contribution < -0.4 is 11.5 Å². The van der Waals surface area contributed by atoms with Crippen LogP contribution >= 0.6 is 12.2 Å². The molecule has 2 rings (SSSR count). The number of alkyl halides is 3. The standard InChI is InChI=1S/C10H8F3N3O2S/c11-10(12,13)5(7(14)19)4-16-8-6(18-9(16)17)2-1-3-15-8/h1-3,5H,4H2,(H2,14,19). The van der Waals surface area contributed by atoms with Crippen molar-refractivity contribution in [2.24, 2.45) is 11.7 Å². The van der Waals surface area contributed by atoms with Gasteiger partial charge < -0.3 is 10.2 Å². The lowest BCUT2D eigenvalue weighted by Crippen LogP contribution is -2.39. The monoisotopic (exact) mass is 291 g/mol. The van der Waals surface area contributed by atoms with Crippen LogP contribution in [0, 0.1) is 5.92 Å². The molecule has 0 saturated heterocycles. The number of hydrogen-bond donors (Lipinski definition) is 1. The van der Waals surface area contributed by atoms with Crippen LogP contribution in [0.25, 0.3) is 11.2 Å². The summed E-state index contributed by atoms with van der Waals surface area (Å²) in [5.41, 5.74) is 5.21. The van der Waals surface area contributed by atoms with Gasteiger partial charge in [0.1, 0.15) is 5.92 Å². The van der Waals surface area contributed by atoms with Crippen molar-refractivity contribution in [2.75, 3.05) is 0 Å². The Bertz CT molecular complexity index is 676. The Morgan fingerprint density at radius 2 is 2.26 bits per heavy atom. The van der Waals surface area contributed by atoms with Crippen LogP contribution in [0.3, 0.4) is 0 Å². The van der Waals surface area contributed by atoms with Gasteiger partial charge in [-0.2, -0.15) is 13.2 Å². The first-order valence-electron chi connectivity index (χ1n) is 5.11. The van der Waals surface area contributed by atoms with E-state index < -0.39 is 29.4 Å². The smallest absolute Gasteiger partial charge is 0.406 e. The SMILES string of the molecule is NC(=S)C(Cn1c(=O)oc2cccnc21)C(F)(F)F. The van der Waals surface area contributed by atoms with E-state index >= 15 is 0 Å². The Morgan fingerprint density at radius 1 is 1.58 bits per heavy atom. The summed E-state index contributed by atoms with van der Waals surface area (Å²) >= 11 is 4.40. The molecule has 0 spiro atoms. The number of hydrogen-bond acceptors (Lipinski definition) is 4. The minimum absolute atomic E-state index is 0.0259. The molecule has 2 heterocycles. The van der Waals surface area contributed by atoms with Crippen molar-refractivity contribution >= 4 is 28.4 Å². The first-order valence-corrected chi connectivity index (χ1v) is 5.52. The number of nitrogens with zero attached hydrogens (tertiary/aromatic N) is 2. The summed E-state index contributed by atoms with van der Waals surface area (Å²) in [5, 5.41) is 0. The van der Waals surface area contributed by atoms with Crippen LogP contribution in [0.1, 0.15) is 0 Å². The Hall–Kier alpha value is -1.90. The third-order valence-electron chi connectivity index (χ3n) is 2.53. The summed E-state index contributed by atoms with van der Waals surface area (Å²) in [5.74, 6) is -3.04. The zero-order valence-electron chi connectivity index (χ0n) is 9.35. The van der Waals surface area contributed by atoms with E-state index in [1.54, 1.807) is 0 Å². The molecule has 1 unspecified atom stereocenters. The minimum atomic E-state index is -4.64. The third-order valence-corrected chi connectivity index (χ3v) is 2.81. The highest BCUT2D eigenvalue weighted by Gasteiger charge is 2.42. The molecular weight excluding hydrogens is 283 g/mol. The number of oxazole rings is 1. The number of rotatable bonds is 3. The number of aromatic nitrogens is 2.